The lowest BCUT2D eigenvalue weighted by atomic mass is 9.94. The molecular formula is C27H32N2O5. The number of carbonyl (C=O) groups is 2. The standard InChI is InChI=1S/C27H32N2O5/c1-3-19-5-7-20(8-6-19)24-23(25(30)21-9-11-22(33-2)12-10-21)26(31)27(32)29(24)14-4-13-28-15-17-34-18-16-28/h5-12,24,30H,3-4,13-18H2,1-2H3/b25-23+. The Bertz CT molecular complexity index is 1040. The zero-order chi connectivity index (χ0) is 24.1. The summed E-state index contributed by atoms with van der Waals surface area (Å²) in [5.41, 5.74) is 2.33. The van der Waals surface area contributed by atoms with E-state index in [2.05, 4.69) is 6.92 Å². The van der Waals surface area contributed by atoms with E-state index in [-0.39, 0.29) is 5.57 Å². The molecule has 1 N–H and O–H groups in total. The van der Waals surface area contributed by atoms with Crippen LogP contribution in [0.5, 0.6) is 5.75 Å². The number of ether oxygens (including phenoxy) is 2. The van der Waals surface area contributed by atoms with Crippen molar-refractivity contribution < 1.29 is 29.1 Å². The quantitative estimate of drug-likeness (QED) is 0.355. The van der Waals surface area contributed by atoms with Gasteiger partial charge in [-0.05, 0) is 35.2 Å². The number of hydrogen-bond acceptors (Lipinski definition) is 5. The maximum Gasteiger partial charge on any atom is 0.295 e. The van der Waals surface area contributed by atoms with Gasteiger partial charge in [-0.2, -0.15) is 0 Å². The van der Waals surface area contributed by atoms with Crippen molar-refractivity contribution in [2.45, 2.75) is 25.8 Å². The molecule has 2 heterocycles. The summed E-state index contributed by atoms with van der Waals surface area (Å²) in [5.74, 6) is -1.09. The smallest absolute Gasteiger partial charge is 0.295 e. The van der Waals surface area contributed by atoms with Crippen LogP contribution in [0.3, 0.4) is 0 Å². The zero-order valence-corrected chi connectivity index (χ0v) is 19.8. The molecule has 0 aromatic heterocycles. The largest absolute Gasteiger partial charge is 0.872 e. The van der Waals surface area contributed by atoms with E-state index in [4.69, 9.17) is 9.47 Å². The number of aryl methyl sites for hydroxylation is 1. The molecule has 2 aliphatic heterocycles. The first-order valence-corrected chi connectivity index (χ1v) is 11.9. The number of ketones is 1. The van der Waals surface area contributed by atoms with Gasteiger partial charge in [-0.1, -0.05) is 49.1 Å². The SMILES string of the molecule is CCc1ccc(C2/C(=C(\[O-])c3ccc(OC)cc3)C(=O)C(=O)N2CCC[NH+]2CCOCC2)cc1. The topological polar surface area (TPSA) is 83.3 Å². The summed E-state index contributed by atoms with van der Waals surface area (Å²) in [6, 6.07) is 13.8. The highest BCUT2D eigenvalue weighted by Gasteiger charge is 2.44. The summed E-state index contributed by atoms with van der Waals surface area (Å²) in [6.07, 6.45) is 1.64. The van der Waals surface area contributed by atoms with E-state index in [9.17, 15) is 14.7 Å². The Kier molecular flexibility index (Phi) is 7.65. The second kappa shape index (κ2) is 10.8. The molecule has 2 aliphatic rings. The molecule has 180 valence electrons. The number of nitrogens with zero attached hydrogens (tertiary/aromatic N) is 1. The first-order chi connectivity index (χ1) is 16.5. The number of methoxy groups -OCH3 is 1. The normalized spacial score (nSPS) is 20.6. The summed E-state index contributed by atoms with van der Waals surface area (Å²) in [6.45, 7) is 6.78. The Labute approximate surface area is 200 Å². The van der Waals surface area contributed by atoms with Gasteiger partial charge in [0.15, 0.2) is 0 Å². The van der Waals surface area contributed by atoms with E-state index in [1.807, 2.05) is 24.3 Å². The Balaban J connectivity index is 1.66. The van der Waals surface area contributed by atoms with E-state index < -0.39 is 23.5 Å². The van der Waals surface area contributed by atoms with Gasteiger partial charge in [-0.3, -0.25) is 9.59 Å². The average molecular weight is 465 g/mol. The van der Waals surface area contributed by atoms with E-state index in [1.54, 1.807) is 36.3 Å². The van der Waals surface area contributed by atoms with Gasteiger partial charge in [0.2, 0.25) is 5.78 Å². The van der Waals surface area contributed by atoms with Crippen molar-refractivity contribution in [1.82, 2.24) is 4.90 Å². The van der Waals surface area contributed by atoms with Crippen LogP contribution in [0.4, 0.5) is 0 Å². The van der Waals surface area contributed by atoms with E-state index in [0.29, 0.717) is 17.9 Å². The molecule has 4 rings (SSSR count). The second-order valence-electron chi connectivity index (χ2n) is 8.76. The van der Waals surface area contributed by atoms with Crippen LogP contribution in [0.25, 0.3) is 5.76 Å². The highest BCUT2D eigenvalue weighted by atomic mass is 16.5. The second-order valence-corrected chi connectivity index (χ2v) is 8.76. The molecule has 2 aromatic rings. The van der Waals surface area contributed by atoms with Crippen LogP contribution in [0, 0.1) is 0 Å². The number of Topliss-reactive ketones (excluding diaryl/α,β-unsaturated/α-hetero) is 1. The van der Waals surface area contributed by atoms with Gasteiger partial charge >= 0.3 is 0 Å². The molecule has 1 amide bonds. The van der Waals surface area contributed by atoms with E-state index in [1.165, 1.54) is 4.90 Å². The van der Waals surface area contributed by atoms with Crippen molar-refractivity contribution in [2.75, 3.05) is 46.5 Å². The molecular weight excluding hydrogens is 432 g/mol. The monoisotopic (exact) mass is 464 g/mol. The number of likely N-dealkylation sites (tertiary alicyclic amines) is 1. The molecule has 7 nitrogen and oxygen atoms in total. The third kappa shape index (κ3) is 5.00. The zero-order valence-electron chi connectivity index (χ0n) is 19.8. The molecule has 34 heavy (non-hydrogen) atoms. The van der Waals surface area contributed by atoms with Gasteiger partial charge in [-0.25, -0.2) is 0 Å². The Morgan fingerprint density at radius 1 is 1.09 bits per heavy atom. The summed E-state index contributed by atoms with van der Waals surface area (Å²) >= 11 is 0. The fourth-order valence-corrected chi connectivity index (χ4v) is 4.69. The van der Waals surface area contributed by atoms with Crippen molar-refractivity contribution in [1.29, 1.82) is 0 Å². The summed E-state index contributed by atoms with van der Waals surface area (Å²) in [5, 5.41) is 13.5. The lowest BCUT2D eigenvalue weighted by molar-refractivity contribution is -0.908. The maximum atomic E-state index is 13.5. The summed E-state index contributed by atoms with van der Waals surface area (Å²) in [7, 11) is 1.55. The van der Waals surface area contributed by atoms with Gasteiger partial charge in [0.05, 0.1) is 32.9 Å². The Morgan fingerprint density at radius 3 is 2.38 bits per heavy atom. The minimum atomic E-state index is -0.705. The number of benzene rings is 2. The third-order valence-electron chi connectivity index (χ3n) is 6.71. The predicted molar refractivity (Wildman–Crippen MR) is 126 cm³/mol. The van der Waals surface area contributed by atoms with Crippen LogP contribution in [0.1, 0.15) is 36.1 Å². The first-order valence-electron chi connectivity index (χ1n) is 11.9. The molecule has 2 fully saturated rings. The number of carbonyl (C=O) groups excluding carboxylic acids is 2. The van der Waals surface area contributed by atoms with Crippen LogP contribution in [-0.4, -0.2) is 63.1 Å². The Hall–Kier alpha value is -3.16. The minimum Gasteiger partial charge on any atom is -0.872 e. The number of rotatable bonds is 8. The summed E-state index contributed by atoms with van der Waals surface area (Å²) in [4.78, 5) is 29.2. The van der Waals surface area contributed by atoms with Crippen molar-refractivity contribution in [3.05, 3.63) is 70.8 Å². The van der Waals surface area contributed by atoms with Crippen LogP contribution in [0.15, 0.2) is 54.1 Å². The van der Waals surface area contributed by atoms with Crippen LogP contribution < -0.4 is 14.7 Å². The summed E-state index contributed by atoms with van der Waals surface area (Å²) < 4.78 is 10.6. The van der Waals surface area contributed by atoms with Crippen LogP contribution in [-0.2, 0) is 20.7 Å². The minimum absolute atomic E-state index is 0.0261. The molecule has 0 aliphatic carbocycles. The third-order valence-corrected chi connectivity index (χ3v) is 6.71. The molecule has 7 heteroatoms. The molecule has 0 saturated carbocycles. The number of amides is 1. The molecule has 2 saturated heterocycles. The van der Waals surface area contributed by atoms with Crippen LogP contribution >= 0.6 is 0 Å². The molecule has 1 atom stereocenters. The van der Waals surface area contributed by atoms with Crippen molar-refractivity contribution >= 4 is 17.4 Å². The maximum absolute atomic E-state index is 13.5. The fraction of sp³-hybridized carbons (Fsp3) is 0.407. The van der Waals surface area contributed by atoms with Gasteiger partial charge in [0.1, 0.15) is 18.8 Å². The van der Waals surface area contributed by atoms with Crippen molar-refractivity contribution in [3.8, 4) is 5.75 Å². The van der Waals surface area contributed by atoms with Crippen LogP contribution in [0.2, 0.25) is 0 Å². The van der Waals surface area contributed by atoms with Gasteiger partial charge < -0.3 is 24.4 Å². The predicted octanol–water partition coefficient (Wildman–Crippen LogP) is 0.787. The van der Waals surface area contributed by atoms with Gasteiger partial charge in [0.25, 0.3) is 5.91 Å². The number of hydrogen-bond donors (Lipinski definition) is 1. The molecule has 2 aromatic carbocycles. The lowest BCUT2D eigenvalue weighted by Gasteiger charge is -2.29. The van der Waals surface area contributed by atoms with Crippen molar-refractivity contribution in [3.63, 3.8) is 0 Å². The molecule has 1 unspecified atom stereocenters. The molecule has 0 radical (unpaired) electrons. The van der Waals surface area contributed by atoms with Gasteiger partial charge in [0, 0.05) is 18.5 Å². The van der Waals surface area contributed by atoms with E-state index in [0.717, 1.165) is 56.8 Å². The highest BCUT2D eigenvalue weighted by Crippen LogP contribution is 2.39. The number of morpholine rings is 1. The lowest BCUT2D eigenvalue weighted by Crippen LogP contribution is -3.14. The van der Waals surface area contributed by atoms with E-state index >= 15 is 0 Å². The molecule has 0 spiro atoms. The average Bonchev–Trinajstić information content (AvgIpc) is 3.14. The van der Waals surface area contributed by atoms with Crippen molar-refractivity contribution in [2.24, 2.45) is 0 Å². The van der Waals surface area contributed by atoms with Gasteiger partial charge in [-0.15, -0.1) is 0 Å². The number of quaternary nitrogens is 1. The fourth-order valence-electron chi connectivity index (χ4n) is 4.69. The first kappa shape index (κ1) is 24.0. The molecule has 0 bridgehead atoms. The number of nitrogens with one attached hydrogen (secondary N) is 1. The highest BCUT2D eigenvalue weighted by molar-refractivity contribution is 6.46. The Morgan fingerprint density at radius 2 is 1.76 bits per heavy atom.